The summed E-state index contributed by atoms with van der Waals surface area (Å²) in [6, 6.07) is 9.85. The first kappa shape index (κ1) is 20.0. The Morgan fingerprint density at radius 1 is 1.06 bits per heavy atom. The average Bonchev–Trinajstić information content (AvgIpc) is 3.63. The maximum absolute atomic E-state index is 14.7. The lowest BCUT2D eigenvalue weighted by Crippen LogP contribution is -2.42. The average molecular weight is 456 g/mol. The van der Waals surface area contributed by atoms with Crippen LogP contribution in [0.25, 0.3) is 28.0 Å². The molecule has 5 heterocycles. The minimum atomic E-state index is -0.802. The lowest BCUT2D eigenvalue weighted by molar-refractivity contribution is -0.127. The molecule has 1 amide bonds. The molecule has 0 bridgehead atoms. The summed E-state index contributed by atoms with van der Waals surface area (Å²) >= 11 is 0. The maximum Gasteiger partial charge on any atom is 0.295 e. The molecule has 5 aromatic rings. The van der Waals surface area contributed by atoms with Crippen molar-refractivity contribution in [1.82, 2.24) is 39.4 Å². The first-order valence-electron chi connectivity index (χ1n) is 10.6. The van der Waals surface area contributed by atoms with Crippen molar-refractivity contribution in [1.29, 1.82) is 0 Å². The number of halogens is 1. The highest BCUT2D eigenvalue weighted by Gasteiger charge is 2.31. The van der Waals surface area contributed by atoms with Crippen LogP contribution < -0.4 is 0 Å². The number of imidazole rings is 1. The molecule has 0 radical (unpaired) electrons. The molecule has 1 aliphatic heterocycles. The van der Waals surface area contributed by atoms with Crippen LogP contribution in [-0.4, -0.2) is 57.6 Å². The number of carbonyl (C=O) groups excluding carboxylic acids is 2. The zero-order valence-electron chi connectivity index (χ0n) is 17.7. The van der Waals surface area contributed by atoms with Crippen LogP contribution in [0.1, 0.15) is 16.2 Å². The predicted molar refractivity (Wildman–Crippen MR) is 118 cm³/mol. The molecule has 10 nitrogen and oxygen atoms in total. The van der Waals surface area contributed by atoms with Crippen LogP contribution in [0, 0.1) is 5.82 Å². The van der Waals surface area contributed by atoms with Gasteiger partial charge in [-0.2, -0.15) is 0 Å². The summed E-state index contributed by atoms with van der Waals surface area (Å²) in [7, 11) is 0. The fourth-order valence-corrected chi connectivity index (χ4v) is 4.30. The third-order valence-electron chi connectivity index (χ3n) is 5.94. The molecular formula is C23H17FN8O2. The second-order valence-electron chi connectivity index (χ2n) is 7.86. The van der Waals surface area contributed by atoms with Crippen molar-refractivity contribution < 1.29 is 14.0 Å². The molecular weight excluding hydrogens is 439 g/mol. The standard InChI is InChI=1S/C23H17FN8O2/c24-16-11-27-22(32-7-6-28-29-32)20-19(16)15(10-26-20)21(33)23(34)30-8-9-31-17(12-25-18(31)13-30)14-4-2-1-3-5-14/h1-7,10-12,26H,8-9,13H2. The summed E-state index contributed by atoms with van der Waals surface area (Å²) in [5, 5.41) is 7.58. The van der Waals surface area contributed by atoms with Gasteiger partial charge in [0.15, 0.2) is 11.6 Å². The molecule has 0 spiro atoms. The lowest BCUT2D eigenvalue weighted by atomic mass is 10.1. The molecule has 0 saturated heterocycles. The zero-order chi connectivity index (χ0) is 23.2. The van der Waals surface area contributed by atoms with Gasteiger partial charge in [0.25, 0.3) is 11.7 Å². The Hall–Kier alpha value is -4.67. The number of nitrogens with one attached hydrogen (secondary N) is 1. The molecule has 1 aliphatic rings. The number of Topliss-reactive ketones (excluding diaryl/α,β-unsaturated/α-hetero) is 1. The maximum atomic E-state index is 14.7. The fraction of sp³-hybridized carbons (Fsp3) is 0.130. The molecule has 0 fully saturated rings. The van der Waals surface area contributed by atoms with Crippen LogP contribution in [0.4, 0.5) is 4.39 Å². The van der Waals surface area contributed by atoms with Gasteiger partial charge in [-0.1, -0.05) is 35.5 Å². The molecule has 0 saturated carbocycles. The van der Waals surface area contributed by atoms with Gasteiger partial charge < -0.3 is 14.5 Å². The van der Waals surface area contributed by atoms with E-state index in [0.717, 1.165) is 17.5 Å². The minimum Gasteiger partial charge on any atom is -0.357 e. The largest absolute Gasteiger partial charge is 0.357 e. The van der Waals surface area contributed by atoms with Gasteiger partial charge in [0.2, 0.25) is 0 Å². The van der Waals surface area contributed by atoms with Crippen LogP contribution in [0.2, 0.25) is 0 Å². The Morgan fingerprint density at radius 3 is 2.71 bits per heavy atom. The molecule has 6 rings (SSSR count). The normalized spacial score (nSPS) is 13.3. The summed E-state index contributed by atoms with van der Waals surface area (Å²) in [5.74, 6) is -1.26. The monoisotopic (exact) mass is 456 g/mol. The molecule has 4 aromatic heterocycles. The number of carbonyl (C=O) groups is 2. The van der Waals surface area contributed by atoms with Crippen LogP contribution in [0.3, 0.4) is 0 Å². The highest BCUT2D eigenvalue weighted by molar-refractivity contribution is 6.45. The molecule has 11 heteroatoms. The summed E-state index contributed by atoms with van der Waals surface area (Å²) in [6.07, 6.45) is 7.10. The van der Waals surface area contributed by atoms with Crippen molar-refractivity contribution in [3.63, 3.8) is 0 Å². The summed E-state index contributed by atoms with van der Waals surface area (Å²) in [6.45, 7) is 1.03. The van der Waals surface area contributed by atoms with Gasteiger partial charge in [0, 0.05) is 19.3 Å². The molecule has 168 valence electrons. The van der Waals surface area contributed by atoms with Gasteiger partial charge >= 0.3 is 0 Å². The Morgan fingerprint density at radius 2 is 1.91 bits per heavy atom. The summed E-state index contributed by atoms with van der Waals surface area (Å²) < 4.78 is 18.1. The first-order valence-corrected chi connectivity index (χ1v) is 10.6. The van der Waals surface area contributed by atoms with E-state index in [4.69, 9.17) is 0 Å². The Labute approximate surface area is 191 Å². The van der Waals surface area contributed by atoms with E-state index >= 15 is 0 Å². The fourth-order valence-electron chi connectivity index (χ4n) is 4.30. The number of aromatic nitrogens is 7. The van der Waals surface area contributed by atoms with Gasteiger partial charge in [0.05, 0.1) is 53.5 Å². The van der Waals surface area contributed by atoms with Crippen molar-refractivity contribution in [2.45, 2.75) is 13.1 Å². The van der Waals surface area contributed by atoms with E-state index in [1.165, 1.54) is 22.0 Å². The van der Waals surface area contributed by atoms with Crippen molar-refractivity contribution in [2.75, 3.05) is 6.54 Å². The number of H-pyrrole nitrogens is 1. The predicted octanol–water partition coefficient (Wildman–Crippen LogP) is 2.37. The Balaban J connectivity index is 1.29. The molecule has 1 aromatic carbocycles. The van der Waals surface area contributed by atoms with E-state index < -0.39 is 17.5 Å². The number of amides is 1. The van der Waals surface area contributed by atoms with Gasteiger partial charge in [0.1, 0.15) is 5.82 Å². The van der Waals surface area contributed by atoms with Gasteiger partial charge in [-0.15, -0.1) is 5.10 Å². The number of nitrogens with zero attached hydrogens (tertiary/aromatic N) is 7. The molecule has 0 unspecified atom stereocenters. The van der Waals surface area contributed by atoms with Gasteiger partial charge in [-0.05, 0) is 5.56 Å². The third kappa shape index (κ3) is 3.09. The van der Waals surface area contributed by atoms with E-state index in [1.54, 1.807) is 12.4 Å². The molecule has 34 heavy (non-hydrogen) atoms. The van der Waals surface area contributed by atoms with Crippen molar-refractivity contribution in [3.8, 4) is 17.1 Å². The highest BCUT2D eigenvalue weighted by Crippen LogP contribution is 2.27. The SMILES string of the molecule is O=C(C(=O)N1CCn2c(-c3ccccc3)cnc2C1)c1c[nH]c2c(-n3ccnn3)ncc(F)c12. The quantitative estimate of drug-likeness (QED) is 0.328. The smallest absolute Gasteiger partial charge is 0.295 e. The van der Waals surface area contributed by atoms with Crippen LogP contribution in [0.15, 0.2) is 61.3 Å². The van der Waals surface area contributed by atoms with Crippen LogP contribution in [0.5, 0.6) is 0 Å². The third-order valence-corrected chi connectivity index (χ3v) is 5.94. The molecule has 0 atom stereocenters. The summed E-state index contributed by atoms with van der Waals surface area (Å²) in [5.41, 5.74) is 2.19. The molecule has 1 N–H and O–H groups in total. The van der Waals surface area contributed by atoms with Crippen molar-refractivity contribution in [2.24, 2.45) is 0 Å². The van der Waals surface area contributed by atoms with E-state index in [2.05, 4.69) is 25.3 Å². The first-order chi connectivity index (χ1) is 16.6. The number of hydrogen-bond acceptors (Lipinski definition) is 6. The van der Waals surface area contributed by atoms with Gasteiger partial charge in [-0.25, -0.2) is 19.0 Å². The Kier molecular flexibility index (Phi) is 4.54. The topological polar surface area (TPSA) is 115 Å². The lowest BCUT2D eigenvalue weighted by Gasteiger charge is -2.28. The van der Waals surface area contributed by atoms with E-state index in [9.17, 15) is 14.0 Å². The van der Waals surface area contributed by atoms with Crippen LogP contribution >= 0.6 is 0 Å². The minimum absolute atomic E-state index is 0.0104. The second kappa shape index (κ2) is 7.73. The van der Waals surface area contributed by atoms with E-state index in [0.29, 0.717) is 18.9 Å². The summed E-state index contributed by atoms with van der Waals surface area (Å²) in [4.78, 5) is 39.1. The number of hydrogen-bond donors (Lipinski definition) is 1. The van der Waals surface area contributed by atoms with E-state index in [-0.39, 0.29) is 28.8 Å². The number of ketones is 1. The molecule has 0 aliphatic carbocycles. The highest BCUT2D eigenvalue weighted by atomic mass is 19.1. The number of benzene rings is 1. The second-order valence-corrected chi connectivity index (χ2v) is 7.86. The number of fused-ring (bicyclic) bond motifs is 2. The van der Waals surface area contributed by atoms with Crippen molar-refractivity contribution in [3.05, 3.63) is 78.5 Å². The van der Waals surface area contributed by atoms with Crippen molar-refractivity contribution >= 4 is 22.6 Å². The van der Waals surface area contributed by atoms with Crippen LogP contribution in [-0.2, 0) is 17.9 Å². The Bertz CT molecular complexity index is 1540. The number of pyridine rings is 1. The zero-order valence-corrected chi connectivity index (χ0v) is 17.7. The van der Waals surface area contributed by atoms with E-state index in [1.807, 2.05) is 34.9 Å². The number of rotatable bonds is 4. The number of aromatic amines is 1. The van der Waals surface area contributed by atoms with Gasteiger partial charge in [-0.3, -0.25) is 9.59 Å².